The van der Waals surface area contributed by atoms with E-state index in [0.29, 0.717) is 22.1 Å². The largest absolute Gasteiger partial charge is 0.296 e. The molecule has 0 N–H and O–H groups in total. The van der Waals surface area contributed by atoms with Crippen LogP contribution in [0, 0.1) is 0 Å². The predicted molar refractivity (Wildman–Crippen MR) is 85.5 cm³/mol. The summed E-state index contributed by atoms with van der Waals surface area (Å²) in [5, 5.41) is 1.33. The van der Waals surface area contributed by atoms with Gasteiger partial charge in [0.05, 0.1) is 10.0 Å². The number of aromatic nitrogens is 1. The smallest absolute Gasteiger partial charge is 0.0649 e. The molecule has 1 saturated heterocycles. The summed E-state index contributed by atoms with van der Waals surface area (Å²) in [6.07, 6.45) is 4.52. The van der Waals surface area contributed by atoms with Gasteiger partial charge in [-0.1, -0.05) is 30.1 Å². The maximum absolute atomic E-state index is 6.21. The van der Waals surface area contributed by atoms with Gasteiger partial charge in [0.2, 0.25) is 0 Å². The molecule has 1 aliphatic rings. The SMILES string of the molecule is CCC1CN(Cc2c(Cl)cncc2Cl)CCN1C(C)C. The van der Waals surface area contributed by atoms with Crippen molar-refractivity contribution in [3.05, 3.63) is 28.0 Å². The van der Waals surface area contributed by atoms with Gasteiger partial charge in [-0.05, 0) is 20.3 Å². The van der Waals surface area contributed by atoms with Gasteiger partial charge in [0.1, 0.15) is 0 Å². The Morgan fingerprint density at radius 3 is 2.45 bits per heavy atom. The van der Waals surface area contributed by atoms with E-state index < -0.39 is 0 Å². The first-order chi connectivity index (χ1) is 9.52. The monoisotopic (exact) mass is 315 g/mol. The Morgan fingerprint density at radius 2 is 1.90 bits per heavy atom. The maximum Gasteiger partial charge on any atom is 0.0649 e. The molecular formula is C15H23Cl2N3. The molecule has 0 bridgehead atoms. The highest BCUT2D eigenvalue weighted by Gasteiger charge is 2.27. The molecule has 2 rings (SSSR count). The lowest BCUT2D eigenvalue weighted by molar-refractivity contribution is 0.0457. The topological polar surface area (TPSA) is 19.4 Å². The van der Waals surface area contributed by atoms with Crippen LogP contribution in [0.15, 0.2) is 12.4 Å². The van der Waals surface area contributed by atoms with Gasteiger partial charge in [0.15, 0.2) is 0 Å². The molecule has 1 aromatic rings. The van der Waals surface area contributed by atoms with Crippen LogP contribution in [0.25, 0.3) is 0 Å². The van der Waals surface area contributed by atoms with Gasteiger partial charge < -0.3 is 0 Å². The highest BCUT2D eigenvalue weighted by molar-refractivity contribution is 6.35. The minimum atomic E-state index is 0.607. The average molecular weight is 316 g/mol. The lowest BCUT2D eigenvalue weighted by Gasteiger charge is -2.43. The van der Waals surface area contributed by atoms with Gasteiger partial charge in [-0.3, -0.25) is 14.8 Å². The van der Waals surface area contributed by atoms with Crippen LogP contribution in [0.2, 0.25) is 10.0 Å². The standard InChI is InChI=1S/C15H23Cl2N3/c1-4-12-9-19(5-6-20(12)11(2)3)10-13-14(16)7-18-8-15(13)17/h7-8,11-12H,4-6,9-10H2,1-3H3. The van der Waals surface area contributed by atoms with Crippen LogP contribution >= 0.6 is 23.2 Å². The van der Waals surface area contributed by atoms with E-state index in [2.05, 4.69) is 35.6 Å². The first-order valence-electron chi connectivity index (χ1n) is 7.28. The molecule has 0 aromatic carbocycles. The molecule has 1 aromatic heterocycles. The Morgan fingerprint density at radius 1 is 1.25 bits per heavy atom. The van der Waals surface area contributed by atoms with Crippen LogP contribution in [-0.2, 0) is 6.54 Å². The number of halogens is 2. The average Bonchev–Trinajstić information content (AvgIpc) is 2.42. The second-order valence-corrected chi connectivity index (χ2v) is 6.52. The van der Waals surface area contributed by atoms with Crippen molar-refractivity contribution in [1.29, 1.82) is 0 Å². The van der Waals surface area contributed by atoms with E-state index in [-0.39, 0.29) is 0 Å². The molecule has 1 fully saturated rings. The third kappa shape index (κ3) is 3.64. The summed E-state index contributed by atoms with van der Waals surface area (Å²) in [7, 11) is 0. The molecule has 3 nitrogen and oxygen atoms in total. The summed E-state index contributed by atoms with van der Waals surface area (Å²) >= 11 is 12.4. The second-order valence-electron chi connectivity index (χ2n) is 5.71. The molecule has 0 saturated carbocycles. The van der Waals surface area contributed by atoms with Crippen LogP contribution in [0.4, 0.5) is 0 Å². The fourth-order valence-electron chi connectivity index (χ4n) is 2.93. The van der Waals surface area contributed by atoms with Crippen molar-refractivity contribution in [1.82, 2.24) is 14.8 Å². The van der Waals surface area contributed by atoms with E-state index in [4.69, 9.17) is 23.2 Å². The molecule has 0 amide bonds. The fourth-order valence-corrected chi connectivity index (χ4v) is 3.42. The Bertz CT molecular complexity index is 430. The number of piperazine rings is 1. The summed E-state index contributed by atoms with van der Waals surface area (Å²) in [6.45, 7) is 10.9. The summed E-state index contributed by atoms with van der Waals surface area (Å²) < 4.78 is 0. The number of nitrogens with zero attached hydrogens (tertiary/aromatic N) is 3. The summed E-state index contributed by atoms with van der Waals surface area (Å²) in [6, 6.07) is 1.22. The minimum Gasteiger partial charge on any atom is -0.296 e. The normalized spacial score (nSPS) is 21.6. The highest BCUT2D eigenvalue weighted by Crippen LogP contribution is 2.26. The fraction of sp³-hybridized carbons (Fsp3) is 0.667. The molecule has 1 aliphatic heterocycles. The van der Waals surface area contributed by atoms with E-state index in [1.807, 2.05) is 0 Å². The van der Waals surface area contributed by atoms with Crippen LogP contribution in [0.3, 0.4) is 0 Å². The Kier molecular flexibility index (Phi) is 5.67. The van der Waals surface area contributed by atoms with Crippen molar-refractivity contribution in [3.63, 3.8) is 0 Å². The zero-order chi connectivity index (χ0) is 14.7. The zero-order valence-corrected chi connectivity index (χ0v) is 14.0. The second kappa shape index (κ2) is 7.08. The van der Waals surface area contributed by atoms with E-state index in [1.165, 1.54) is 6.42 Å². The van der Waals surface area contributed by atoms with Crippen LogP contribution in [0.5, 0.6) is 0 Å². The van der Waals surface area contributed by atoms with Gasteiger partial charge in [-0.15, -0.1) is 0 Å². The van der Waals surface area contributed by atoms with Crippen molar-refractivity contribution >= 4 is 23.2 Å². The lowest BCUT2D eigenvalue weighted by Crippen LogP contribution is -2.54. The number of hydrogen-bond donors (Lipinski definition) is 0. The van der Waals surface area contributed by atoms with Crippen molar-refractivity contribution < 1.29 is 0 Å². The van der Waals surface area contributed by atoms with Gasteiger partial charge in [-0.25, -0.2) is 0 Å². The van der Waals surface area contributed by atoms with Crippen LogP contribution in [-0.4, -0.2) is 46.5 Å². The predicted octanol–water partition coefficient (Wildman–Crippen LogP) is 3.69. The van der Waals surface area contributed by atoms with E-state index in [9.17, 15) is 0 Å². The molecule has 1 unspecified atom stereocenters. The van der Waals surface area contributed by atoms with Crippen molar-refractivity contribution in [2.24, 2.45) is 0 Å². The quantitative estimate of drug-likeness (QED) is 0.844. The zero-order valence-electron chi connectivity index (χ0n) is 12.4. The molecule has 0 aliphatic carbocycles. The number of rotatable bonds is 4. The Balaban J connectivity index is 2.05. The summed E-state index contributed by atoms with van der Waals surface area (Å²) in [5.74, 6) is 0. The maximum atomic E-state index is 6.21. The molecule has 112 valence electrons. The minimum absolute atomic E-state index is 0.607. The Labute approximate surface area is 131 Å². The van der Waals surface area contributed by atoms with Gasteiger partial charge in [0.25, 0.3) is 0 Å². The van der Waals surface area contributed by atoms with Crippen molar-refractivity contribution in [3.8, 4) is 0 Å². The third-order valence-electron chi connectivity index (χ3n) is 4.08. The van der Waals surface area contributed by atoms with Crippen LogP contribution in [0.1, 0.15) is 32.8 Å². The number of pyridine rings is 1. The summed E-state index contributed by atoms with van der Waals surface area (Å²) in [5.41, 5.74) is 0.996. The first-order valence-corrected chi connectivity index (χ1v) is 8.04. The molecule has 5 heteroatoms. The third-order valence-corrected chi connectivity index (χ3v) is 4.73. The van der Waals surface area contributed by atoms with E-state index in [1.54, 1.807) is 12.4 Å². The van der Waals surface area contributed by atoms with Gasteiger partial charge in [-0.2, -0.15) is 0 Å². The molecule has 0 spiro atoms. The van der Waals surface area contributed by atoms with Crippen LogP contribution < -0.4 is 0 Å². The molecule has 20 heavy (non-hydrogen) atoms. The number of hydrogen-bond acceptors (Lipinski definition) is 3. The summed E-state index contributed by atoms with van der Waals surface area (Å²) in [4.78, 5) is 9.05. The van der Waals surface area contributed by atoms with Gasteiger partial charge in [0, 0.05) is 56.2 Å². The van der Waals surface area contributed by atoms with Crippen molar-refractivity contribution in [2.45, 2.75) is 45.8 Å². The van der Waals surface area contributed by atoms with Crippen molar-refractivity contribution in [2.75, 3.05) is 19.6 Å². The molecule has 2 heterocycles. The molecule has 1 atom stereocenters. The van der Waals surface area contributed by atoms with E-state index >= 15 is 0 Å². The Hall–Kier alpha value is -0.350. The molecule has 0 radical (unpaired) electrons. The van der Waals surface area contributed by atoms with Gasteiger partial charge >= 0.3 is 0 Å². The molecular weight excluding hydrogens is 293 g/mol. The highest BCUT2D eigenvalue weighted by atomic mass is 35.5. The first kappa shape index (κ1) is 16.0. The van der Waals surface area contributed by atoms with E-state index in [0.717, 1.165) is 31.7 Å². The lowest BCUT2D eigenvalue weighted by atomic mass is 10.1.